The highest BCUT2D eigenvalue weighted by Crippen LogP contribution is 2.42. The molecule has 3 aromatic rings. The molecule has 0 radical (unpaired) electrons. The molecule has 198 valence electrons. The van der Waals surface area contributed by atoms with Crippen LogP contribution in [0, 0.1) is 24.1 Å². The average molecular weight is 527 g/mol. The van der Waals surface area contributed by atoms with Crippen LogP contribution in [-0.2, 0) is 17.5 Å². The number of amides is 1. The van der Waals surface area contributed by atoms with Crippen LogP contribution in [0.2, 0.25) is 0 Å². The van der Waals surface area contributed by atoms with Gasteiger partial charge in [-0.05, 0) is 78.3 Å². The minimum atomic E-state index is -4.68. The Balaban J connectivity index is 1.52. The van der Waals surface area contributed by atoms with Crippen LogP contribution in [0.5, 0.6) is 0 Å². The number of carbonyl (C=O) groups is 1. The van der Waals surface area contributed by atoms with Gasteiger partial charge in [0.25, 0.3) is 11.9 Å². The molecule has 5 rings (SSSR count). The van der Waals surface area contributed by atoms with Crippen LogP contribution in [0.3, 0.4) is 0 Å². The van der Waals surface area contributed by atoms with E-state index < -0.39 is 17.8 Å². The standard InChI is InChI=1S/C28H26F4N4O2/c1-16-11-19(6-7-23(16)29)24(18-4-5-18)35-26(37)21-13-17(15-36-9-10-38-27(36)33)12-20(14-21)22-3-2-8-34-25(22)28(30,31)32/h2-3,6-8,11-14,18,24,33H,4-5,9-10,15H2,1H3,(H,35,37). The molecule has 2 N–H and O–H groups in total. The Labute approximate surface area is 217 Å². The second kappa shape index (κ2) is 10.1. The molecular weight excluding hydrogens is 500 g/mol. The number of rotatable bonds is 7. The fraction of sp³-hybridized carbons (Fsp3) is 0.321. The number of benzene rings is 2. The molecule has 2 aromatic carbocycles. The first-order valence-corrected chi connectivity index (χ1v) is 12.3. The van der Waals surface area contributed by atoms with Gasteiger partial charge in [0, 0.05) is 23.9 Å². The van der Waals surface area contributed by atoms with Crippen LogP contribution < -0.4 is 5.32 Å². The van der Waals surface area contributed by atoms with Gasteiger partial charge in [0.05, 0.1) is 12.6 Å². The number of aryl methyl sites for hydroxylation is 1. The number of alkyl halides is 3. The molecule has 2 heterocycles. The predicted octanol–water partition coefficient (Wildman–Crippen LogP) is 5.86. The quantitative estimate of drug-likeness (QED) is 0.378. The van der Waals surface area contributed by atoms with Gasteiger partial charge in [-0.15, -0.1) is 0 Å². The zero-order chi connectivity index (χ0) is 27.0. The molecule has 1 aromatic heterocycles. The predicted molar refractivity (Wildman–Crippen MR) is 133 cm³/mol. The summed E-state index contributed by atoms with van der Waals surface area (Å²) >= 11 is 0. The summed E-state index contributed by atoms with van der Waals surface area (Å²) in [6, 6.07) is 11.7. The second-order valence-corrected chi connectivity index (χ2v) is 9.69. The van der Waals surface area contributed by atoms with Crippen molar-refractivity contribution in [2.75, 3.05) is 13.2 Å². The third-order valence-electron chi connectivity index (χ3n) is 6.82. The van der Waals surface area contributed by atoms with E-state index in [0.717, 1.165) is 24.6 Å². The molecule has 1 amide bonds. The van der Waals surface area contributed by atoms with Gasteiger partial charge in [-0.1, -0.05) is 18.2 Å². The third kappa shape index (κ3) is 5.49. The number of halogens is 4. The number of pyridine rings is 1. The number of hydrogen-bond acceptors (Lipinski definition) is 4. The summed E-state index contributed by atoms with van der Waals surface area (Å²) in [5, 5.41) is 11.0. The van der Waals surface area contributed by atoms with E-state index in [1.165, 1.54) is 24.3 Å². The molecule has 2 aliphatic rings. The van der Waals surface area contributed by atoms with Gasteiger partial charge in [0.2, 0.25) is 0 Å². The summed E-state index contributed by atoms with van der Waals surface area (Å²) in [6.45, 7) is 2.65. The second-order valence-electron chi connectivity index (χ2n) is 9.69. The molecule has 1 aliphatic carbocycles. The molecule has 1 saturated heterocycles. The monoisotopic (exact) mass is 526 g/mol. The minimum absolute atomic E-state index is 0.0285. The number of hydrogen-bond donors (Lipinski definition) is 2. The molecule has 0 bridgehead atoms. The normalized spacial score (nSPS) is 16.3. The van der Waals surface area contributed by atoms with E-state index in [2.05, 4.69) is 10.3 Å². The first-order chi connectivity index (χ1) is 18.1. The first-order valence-electron chi connectivity index (χ1n) is 12.3. The Kier molecular flexibility index (Phi) is 6.81. The lowest BCUT2D eigenvalue weighted by atomic mass is 9.96. The van der Waals surface area contributed by atoms with Crippen LogP contribution in [0.4, 0.5) is 17.6 Å². The SMILES string of the molecule is Cc1cc(C(NC(=O)c2cc(CN3CCOC3=N)cc(-c3cccnc3C(F)(F)F)c2)C2CC2)ccc1F. The molecule has 0 spiro atoms. The van der Waals surface area contributed by atoms with Crippen molar-refractivity contribution in [2.24, 2.45) is 5.92 Å². The number of nitrogens with one attached hydrogen (secondary N) is 2. The average Bonchev–Trinajstić information content (AvgIpc) is 3.65. The highest BCUT2D eigenvalue weighted by atomic mass is 19.4. The third-order valence-corrected chi connectivity index (χ3v) is 6.82. The minimum Gasteiger partial charge on any atom is -0.463 e. The zero-order valence-electron chi connectivity index (χ0n) is 20.6. The summed E-state index contributed by atoms with van der Waals surface area (Å²) in [7, 11) is 0. The smallest absolute Gasteiger partial charge is 0.433 e. The van der Waals surface area contributed by atoms with Gasteiger partial charge in [-0.2, -0.15) is 13.2 Å². The molecule has 1 atom stereocenters. The van der Waals surface area contributed by atoms with Gasteiger partial charge in [0.1, 0.15) is 12.4 Å². The zero-order valence-corrected chi connectivity index (χ0v) is 20.6. The van der Waals surface area contributed by atoms with E-state index in [-0.39, 0.29) is 47.0 Å². The van der Waals surface area contributed by atoms with E-state index in [1.54, 1.807) is 36.1 Å². The Morgan fingerprint density at radius 2 is 2.00 bits per heavy atom. The lowest BCUT2D eigenvalue weighted by Gasteiger charge is -2.21. The summed E-state index contributed by atoms with van der Waals surface area (Å²) in [5.41, 5.74) is 1.00. The van der Waals surface area contributed by atoms with Crippen molar-refractivity contribution >= 4 is 11.9 Å². The van der Waals surface area contributed by atoms with Crippen LogP contribution in [0.25, 0.3) is 11.1 Å². The Hall–Kier alpha value is -3.95. The Morgan fingerprint density at radius 1 is 1.21 bits per heavy atom. The molecule has 1 unspecified atom stereocenters. The van der Waals surface area contributed by atoms with Crippen molar-refractivity contribution in [3.05, 3.63) is 88.5 Å². The summed E-state index contributed by atoms with van der Waals surface area (Å²) in [4.78, 5) is 18.7. The van der Waals surface area contributed by atoms with Crippen molar-refractivity contribution in [3.63, 3.8) is 0 Å². The summed E-state index contributed by atoms with van der Waals surface area (Å²) in [6.07, 6.45) is -1.78. The largest absolute Gasteiger partial charge is 0.463 e. The van der Waals surface area contributed by atoms with Gasteiger partial charge >= 0.3 is 6.18 Å². The van der Waals surface area contributed by atoms with E-state index in [1.807, 2.05) is 0 Å². The number of ether oxygens (including phenoxy) is 1. The van der Waals surface area contributed by atoms with Crippen LogP contribution in [0.15, 0.2) is 54.7 Å². The summed E-state index contributed by atoms with van der Waals surface area (Å²) < 4.78 is 60.4. The maximum atomic E-state index is 13.9. The fourth-order valence-electron chi connectivity index (χ4n) is 4.74. The Bertz CT molecular complexity index is 1390. The molecule has 1 saturated carbocycles. The maximum Gasteiger partial charge on any atom is 0.433 e. The maximum absolute atomic E-state index is 13.9. The van der Waals surface area contributed by atoms with Crippen molar-refractivity contribution < 1.29 is 27.1 Å². The van der Waals surface area contributed by atoms with Crippen LogP contribution in [-0.4, -0.2) is 35.0 Å². The first kappa shape index (κ1) is 25.7. The van der Waals surface area contributed by atoms with E-state index in [4.69, 9.17) is 10.1 Å². The van der Waals surface area contributed by atoms with Crippen molar-refractivity contribution in [1.29, 1.82) is 5.41 Å². The van der Waals surface area contributed by atoms with Crippen molar-refractivity contribution in [3.8, 4) is 11.1 Å². The highest BCUT2D eigenvalue weighted by Gasteiger charge is 2.36. The van der Waals surface area contributed by atoms with Crippen LogP contribution >= 0.6 is 0 Å². The molecule has 38 heavy (non-hydrogen) atoms. The lowest BCUT2D eigenvalue weighted by molar-refractivity contribution is -0.140. The van der Waals surface area contributed by atoms with Crippen molar-refractivity contribution in [1.82, 2.24) is 15.2 Å². The van der Waals surface area contributed by atoms with Crippen LogP contribution in [0.1, 0.15) is 51.6 Å². The molecule has 6 nitrogen and oxygen atoms in total. The van der Waals surface area contributed by atoms with E-state index in [0.29, 0.717) is 24.3 Å². The number of nitrogens with zero attached hydrogens (tertiary/aromatic N) is 2. The van der Waals surface area contributed by atoms with E-state index >= 15 is 0 Å². The molecular formula is C28H26F4N4O2. The molecule has 1 aliphatic heterocycles. The van der Waals surface area contributed by atoms with Gasteiger partial charge < -0.3 is 15.0 Å². The number of amidine groups is 1. The number of aromatic nitrogens is 1. The van der Waals surface area contributed by atoms with Gasteiger partial charge in [-0.3, -0.25) is 15.2 Å². The van der Waals surface area contributed by atoms with Crippen molar-refractivity contribution in [2.45, 2.75) is 38.5 Å². The summed E-state index contributed by atoms with van der Waals surface area (Å²) in [5.74, 6) is -0.582. The number of carbonyl (C=O) groups excluding carboxylic acids is 1. The van der Waals surface area contributed by atoms with Gasteiger partial charge in [-0.25, -0.2) is 4.39 Å². The lowest BCUT2D eigenvalue weighted by Crippen LogP contribution is -2.30. The highest BCUT2D eigenvalue weighted by molar-refractivity contribution is 5.96. The fourth-order valence-corrected chi connectivity index (χ4v) is 4.74. The van der Waals surface area contributed by atoms with Gasteiger partial charge in [0.15, 0.2) is 5.69 Å². The topological polar surface area (TPSA) is 78.3 Å². The molecule has 10 heteroatoms. The Morgan fingerprint density at radius 3 is 2.66 bits per heavy atom. The molecule has 2 fully saturated rings. The van der Waals surface area contributed by atoms with E-state index in [9.17, 15) is 22.4 Å².